The molecule has 0 bridgehead atoms. The average Bonchev–Trinajstić information content (AvgIpc) is 2.43. The smallest absolute Gasteiger partial charge is 0.337 e. The van der Waals surface area contributed by atoms with Crippen molar-refractivity contribution in [2.24, 2.45) is 0 Å². The third kappa shape index (κ3) is 3.45. The molecule has 0 aliphatic heterocycles. The number of anilines is 2. The summed E-state index contributed by atoms with van der Waals surface area (Å²) in [7, 11) is 0. The van der Waals surface area contributed by atoms with Crippen LogP contribution < -0.4 is 11.1 Å². The second-order valence-electron chi connectivity index (χ2n) is 4.19. The largest absolute Gasteiger partial charge is 0.478 e. The first-order valence-corrected chi connectivity index (χ1v) is 6.53. The zero-order valence-electron chi connectivity index (χ0n) is 10.6. The first-order valence-electron chi connectivity index (χ1n) is 5.77. The van der Waals surface area contributed by atoms with Gasteiger partial charge in [-0.05, 0) is 36.4 Å². The molecule has 108 valence electrons. The lowest BCUT2D eigenvalue weighted by atomic mass is 10.1. The molecule has 0 unspecified atom stereocenters. The van der Waals surface area contributed by atoms with Crippen molar-refractivity contribution in [2.45, 2.75) is 0 Å². The fraction of sp³-hybridized carbons (Fsp3) is 0. The van der Waals surface area contributed by atoms with E-state index in [1.165, 1.54) is 36.4 Å². The minimum Gasteiger partial charge on any atom is -0.478 e. The van der Waals surface area contributed by atoms with E-state index in [0.29, 0.717) is 5.69 Å². The number of halogens is 2. The molecule has 0 aliphatic carbocycles. The molecule has 0 heterocycles. The van der Waals surface area contributed by atoms with Gasteiger partial charge in [-0.3, -0.25) is 4.79 Å². The van der Waals surface area contributed by atoms with E-state index >= 15 is 0 Å². The van der Waals surface area contributed by atoms with Crippen LogP contribution in [0.3, 0.4) is 0 Å². The predicted molar refractivity (Wildman–Crippen MR) is 82.2 cm³/mol. The molecule has 2 rings (SSSR count). The number of carboxylic acid groups (broad SMARTS) is 1. The average molecular weight is 325 g/mol. The molecule has 2 aromatic carbocycles. The highest BCUT2D eigenvalue weighted by Crippen LogP contribution is 2.23. The molecular weight excluding hydrogens is 315 g/mol. The van der Waals surface area contributed by atoms with Gasteiger partial charge in [0.2, 0.25) is 0 Å². The number of carboxylic acids is 1. The lowest BCUT2D eigenvalue weighted by Crippen LogP contribution is -2.15. The summed E-state index contributed by atoms with van der Waals surface area (Å²) in [5.41, 5.74) is 6.23. The van der Waals surface area contributed by atoms with Crippen molar-refractivity contribution in [2.75, 3.05) is 11.1 Å². The zero-order valence-corrected chi connectivity index (χ0v) is 12.1. The second-order valence-corrected chi connectivity index (χ2v) is 5.03. The van der Waals surface area contributed by atoms with Gasteiger partial charge >= 0.3 is 5.97 Å². The van der Waals surface area contributed by atoms with Crippen LogP contribution in [0.4, 0.5) is 11.4 Å². The van der Waals surface area contributed by atoms with Crippen LogP contribution in [0, 0.1) is 0 Å². The van der Waals surface area contributed by atoms with Crippen molar-refractivity contribution in [1.82, 2.24) is 0 Å². The van der Waals surface area contributed by atoms with Crippen LogP contribution in [0.25, 0.3) is 0 Å². The van der Waals surface area contributed by atoms with Crippen molar-refractivity contribution in [3.8, 4) is 0 Å². The van der Waals surface area contributed by atoms with Gasteiger partial charge in [0.15, 0.2) is 0 Å². The highest BCUT2D eigenvalue weighted by molar-refractivity contribution is 6.33. The maximum Gasteiger partial charge on any atom is 0.337 e. The number of nitrogens with one attached hydrogen (secondary N) is 1. The third-order valence-electron chi connectivity index (χ3n) is 2.72. The number of hydrogen-bond donors (Lipinski definition) is 3. The van der Waals surface area contributed by atoms with Gasteiger partial charge in [0.1, 0.15) is 0 Å². The highest BCUT2D eigenvalue weighted by Gasteiger charge is 2.14. The normalized spacial score (nSPS) is 10.2. The molecule has 0 radical (unpaired) electrons. The molecule has 0 saturated carbocycles. The molecule has 21 heavy (non-hydrogen) atoms. The Hall–Kier alpha value is -2.24. The summed E-state index contributed by atoms with van der Waals surface area (Å²) in [4.78, 5) is 23.2. The Morgan fingerprint density at radius 2 is 1.81 bits per heavy atom. The first-order chi connectivity index (χ1) is 9.88. The first kappa shape index (κ1) is 15.2. The summed E-state index contributed by atoms with van der Waals surface area (Å²) in [6.45, 7) is 0. The number of carbonyl (C=O) groups is 2. The fourth-order valence-electron chi connectivity index (χ4n) is 1.67. The van der Waals surface area contributed by atoms with Crippen LogP contribution in [0.15, 0.2) is 36.4 Å². The van der Waals surface area contributed by atoms with E-state index in [1.807, 2.05) is 0 Å². The van der Waals surface area contributed by atoms with Crippen molar-refractivity contribution < 1.29 is 14.7 Å². The van der Waals surface area contributed by atoms with Gasteiger partial charge in [-0.1, -0.05) is 23.2 Å². The number of nitrogens with two attached hydrogens (primary N) is 1. The summed E-state index contributed by atoms with van der Waals surface area (Å²) in [5.74, 6) is -1.69. The summed E-state index contributed by atoms with van der Waals surface area (Å²) >= 11 is 11.6. The molecule has 1 amide bonds. The van der Waals surface area contributed by atoms with Crippen LogP contribution in [-0.4, -0.2) is 17.0 Å². The third-order valence-corrected chi connectivity index (χ3v) is 3.29. The molecule has 0 aliphatic rings. The van der Waals surface area contributed by atoms with E-state index in [4.69, 9.17) is 34.0 Å². The van der Waals surface area contributed by atoms with Crippen LogP contribution in [0.1, 0.15) is 20.7 Å². The number of hydrogen-bond acceptors (Lipinski definition) is 3. The van der Waals surface area contributed by atoms with Crippen LogP contribution >= 0.6 is 23.2 Å². The van der Waals surface area contributed by atoms with E-state index < -0.39 is 11.9 Å². The molecule has 0 spiro atoms. The van der Waals surface area contributed by atoms with Crippen molar-refractivity contribution in [3.05, 3.63) is 57.6 Å². The maximum atomic E-state index is 12.1. The van der Waals surface area contributed by atoms with Gasteiger partial charge in [-0.25, -0.2) is 4.79 Å². The Balaban J connectivity index is 2.31. The molecule has 0 saturated heterocycles. The fourth-order valence-corrected chi connectivity index (χ4v) is 2.02. The van der Waals surface area contributed by atoms with Gasteiger partial charge in [0.25, 0.3) is 5.91 Å². The van der Waals surface area contributed by atoms with Crippen LogP contribution in [0.2, 0.25) is 10.0 Å². The zero-order chi connectivity index (χ0) is 15.6. The quantitative estimate of drug-likeness (QED) is 0.753. The Labute approximate surface area is 130 Å². The van der Waals surface area contributed by atoms with E-state index in [0.717, 1.165) is 0 Å². The Bertz CT molecular complexity index is 732. The number of benzene rings is 2. The Morgan fingerprint density at radius 1 is 1.10 bits per heavy atom. The van der Waals surface area contributed by atoms with E-state index in [1.54, 1.807) is 0 Å². The lowest BCUT2D eigenvalue weighted by molar-refractivity contribution is 0.0698. The van der Waals surface area contributed by atoms with E-state index in [2.05, 4.69) is 5.32 Å². The number of amides is 1. The van der Waals surface area contributed by atoms with Crippen molar-refractivity contribution >= 4 is 46.5 Å². The Morgan fingerprint density at radius 3 is 2.43 bits per heavy atom. The predicted octanol–water partition coefficient (Wildman–Crippen LogP) is 3.53. The van der Waals surface area contributed by atoms with E-state index in [-0.39, 0.29) is 26.9 Å². The topological polar surface area (TPSA) is 92.4 Å². The SMILES string of the molecule is Nc1ccc(C(=O)Nc2ccc(Cl)cc2C(=O)O)cc1Cl. The summed E-state index contributed by atoms with van der Waals surface area (Å²) in [6.07, 6.45) is 0. The minimum atomic E-state index is -1.19. The van der Waals surface area contributed by atoms with Crippen LogP contribution in [0.5, 0.6) is 0 Å². The number of aromatic carboxylic acids is 1. The van der Waals surface area contributed by atoms with Gasteiger partial charge in [0, 0.05) is 10.6 Å². The Kier molecular flexibility index (Phi) is 4.35. The van der Waals surface area contributed by atoms with Crippen molar-refractivity contribution in [3.63, 3.8) is 0 Å². The summed E-state index contributed by atoms with van der Waals surface area (Å²) in [6, 6.07) is 8.56. The van der Waals surface area contributed by atoms with Crippen LogP contribution in [-0.2, 0) is 0 Å². The maximum absolute atomic E-state index is 12.1. The summed E-state index contributed by atoms with van der Waals surface area (Å²) < 4.78 is 0. The second kappa shape index (κ2) is 6.03. The van der Waals surface area contributed by atoms with Gasteiger partial charge in [0.05, 0.1) is 22.0 Å². The summed E-state index contributed by atoms with van der Waals surface area (Å²) in [5, 5.41) is 12.1. The highest BCUT2D eigenvalue weighted by atomic mass is 35.5. The number of carbonyl (C=O) groups excluding carboxylic acids is 1. The number of rotatable bonds is 3. The molecule has 0 aromatic heterocycles. The molecular formula is C14H10Cl2N2O3. The van der Waals surface area contributed by atoms with Crippen molar-refractivity contribution in [1.29, 1.82) is 0 Å². The standard InChI is InChI=1S/C14H10Cl2N2O3/c15-8-2-4-12(9(6-8)14(20)21)18-13(19)7-1-3-11(17)10(16)5-7/h1-6H,17H2,(H,18,19)(H,20,21). The van der Waals surface area contributed by atoms with E-state index in [9.17, 15) is 9.59 Å². The van der Waals surface area contributed by atoms with Gasteiger partial charge in [-0.15, -0.1) is 0 Å². The molecule has 2 aromatic rings. The molecule has 0 atom stereocenters. The molecule has 4 N–H and O–H groups in total. The minimum absolute atomic E-state index is 0.0996. The lowest BCUT2D eigenvalue weighted by Gasteiger charge is -2.09. The van der Waals surface area contributed by atoms with Gasteiger partial charge < -0.3 is 16.2 Å². The number of nitrogen functional groups attached to an aromatic ring is 1. The molecule has 0 fully saturated rings. The molecule has 7 heteroatoms. The van der Waals surface area contributed by atoms with Gasteiger partial charge in [-0.2, -0.15) is 0 Å². The monoisotopic (exact) mass is 324 g/mol. The molecule has 5 nitrogen and oxygen atoms in total.